The van der Waals surface area contributed by atoms with Crippen LogP contribution in [0.2, 0.25) is 0 Å². The summed E-state index contributed by atoms with van der Waals surface area (Å²) in [5.74, 6) is -0.428. The number of rotatable bonds is 16. The molecule has 1 heterocycles. The molecule has 1 amide bonds. The third-order valence-electron chi connectivity index (χ3n) is 6.96. The Bertz CT molecular complexity index is 946. The van der Waals surface area contributed by atoms with Gasteiger partial charge in [-0.05, 0) is 50.3 Å². The Morgan fingerprint density at radius 3 is 2.61 bits per heavy atom. The first kappa shape index (κ1) is 30.2. The molecule has 0 saturated carbocycles. The zero-order valence-corrected chi connectivity index (χ0v) is 23.0. The van der Waals surface area contributed by atoms with Gasteiger partial charge in [-0.1, -0.05) is 33.3 Å². The highest BCUT2D eigenvalue weighted by molar-refractivity contribution is 5.81. The number of benzene rings is 1. The minimum atomic E-state index is -0.793. The number of nitrogens with zero attached hydrogens (tertiary/aromatic N) is 2. The van der Waals surface area contributed by atoms with Crippen LogP contribution in [0.1, 0.15) is 59.4 Å². The summed E-state index contributed by atoms with van der Waals surface area (Å²) in [4.78, 5) is 14.9. The molecule has 204 valence electrons. The van der Waals surface area contributed by atoms with Crippen LogP contribution in [0.4, 0.5) is 4.39 Å². The average Bonchev–Trinajstić information content (AvgIpc) is 3.14. The number of ether oxygens (including phenoxy) is 1. The highest BCUT2D eigenvalue weighted by Gasteiger charge is 2.29. The Morgan fingerprint density at radius 1 is 1.28 bits per heavy atom. The third kappa shape index (κ3) is 8.54. The second-order valence-electron chi connectivity index (χ2n) is 10.5. The zero-order valence-electron chi connectivity index (χ0n) is 23.0. The maximum absolute atomic E-state index is 14.4. The van der Waals surface area contributed by atoms with Gasteiger partial charge in [0.1, 0.15) is 5.82 Å². The number of amides is 1. The van der Waals surface area contributed by atoms with Gasteiger partial charge >= 0.3 is 0 Å². The summed E-state index contributed by atoms with van der Waals surface area (Å²) < 4.78 is 21.4. The molecule has 0 aliphatic heterocycles. The highest BCUT2D eigenvalue weighted by atomic mass is 19.1. The van der Waals surface area contributed by atoms with Crippen molar-refractivity contribution in [3.63, 3.8) is 0 Å². The number of halogens is 1. The first-order valence-corrected chi connectivity index (χ1v) is 13.3. The van der Waals surface area contributed by atoms with E-state index in [-0.39, 0.29) is 29.6 Å². The molecule has 1 aromatic heterocycles. The molecule has 2 aromatic rings. The molecule has 0 unspecified atom stereocenters. The van der Waals surface area contributed by atoms with E-state index in [2.05, 4.69) is 31.0 Å². The molecule has 0 aliphatic carbocycles. The molecule has 0 spiro atoms. The van der Waals surface area contributed by atoms with Gasteiger partial charge < -0.3 is 25.5 Å². The molecular weight excluding hydrogens is 459 g/mol. The summed E-state index contributed by atoms with van der Waals surface area (Å²) in [6, 6.07) is 5.47. The molecule has 0 bridgehead atoms. The standard InChI is InChI=1S/C28H47FN4O3/c1-7-8-11-31-28(35)23(19(2)3)15-27(34)25(30)18-33(20(4)5)16-21-9-10-22-24(29)17-32(12-13-36-6)26(22)14-21/h9-10,14,17,19-20,23,25,27,34H,7-8,11-13,15-16,18,30H2,1-6H3,(H,31,35)/t23-,25-,27-/m0/s1. The van der Waals surface area contributed by atoms with E-state index < -0.39 is 12.1 Å². The first-order chi connectivity index (χ1) is 17.1. The normalized spacial score (nSPS) is 14.7. The number of hydrogen-bond acceptors (Lipinski definition) is 5. The van der Waals surface area contributed by atoms with Gasteiger partial charge in [0.15, 0.2) is 0 Å². The minimum absolute atomic E-state index is 0.0116. The lowest BCUT2D eigenvalue weighted by atomic mass is 9.87. The Balaban J connectivity index is 2.08. The molecule has 1 aromatic carbocycles. The van der Waals surface area contributed by atoms with Crippen LogP contribution in [0.5, 0.6) is 0 Å². The van der Waals surface area contributed by atoms with Gasteiger partial charge in [-0.25, -0.2) is 4.39 Å². The van der Waals surface area contributed by atoms with Gasteiger partial charge in [0.25, 0.3) is 0 Å². The Labute approximate surface area is 216 Å². The second kappa shape index (κ2) is 14.7. The van der Waals surface area contributed by atoms with Crippen molar-refractivity contribution in [2.75, 3.05) is 26.8 Å². The molecule has 4 N–H and O–H groups in total. The molecular formula is C28H47FN4O3. The number of carbonyl (C=O) groups is 1. The molecule has 0 saturated heterocycles. The smallest absolute Gasteiger partial charge is 0.223 e. The van der Waals surface area contributed by atoms with E-state index in [0.717, 1.165) is 23.9 Å². The molecule has 7 nitrogen and oxygen atoms in total. The van der Waals surface area contributed by atoms with E-state index >= 15 is 0 Å². The molecule has 3 atom stereocenters. The van der Waals surface area contributed by atoms with Crippen LogP contribution < -0.4 is 11.1 Å². The van der Waals surface area contributed by atoms with E-state index in [1.807, 2.05) is 36.6 Å². The molecule has 0 aliphatic rings. The minimum Gasteiger partial charge on any atom is -0.391 e. The second-order valence-corrected chi connectivity index (χ2v) is 10.5. The van der Waals surface area contributed by atoms with Gasteiger partial charge in [-0.2, -0.15) is 0 Å². The van der Waals surface area contributed by atoms with Crippen LogP contribution in [0.15, 0.2) is 24.4 Å². The molecule has 0 fully saturated rings. The van der Waals surface area contributed by atoms with E-state index in [9.17, 15) is 14.3 Å². The van der Waals surface area contributed by atoms with Crippen LogP contribution >= 0.6 is 0 Å². The summed E-state index contributed by atoms with van der Waals surface area (Å²) in [6.07, 6.45) is 3.02. The molecule has 8 heteroatoms. The highest BCUT2D eigenvalue weighted by Crippen LogP contribution is 2.24. The van der Waals surface area contributed by atoms with E-state index in [1.54, 1.807) is 7.11 Å². The number of methoxy groups -OCH3 is 1. The fourth-order valence-electron chi connectivity index (χ4n) is 4.49. The van der Waals surface area contributed by atoms with Crippen molar-refractivity contribution in [3.8, 4) is 0 Å². The van der Waals surface area contributed by atoms with Crippen LogP contribution in [0, 0.1) is 17.7 Å². The van der Waals surface area contributed by atoms with Crippen molar-refractivity contribution in [3.05, 3.63) is 35.8 Å². The van der Waals surface area contributed by atoms with Gasteiger partial charge in [0.2, 0.25) is 5.91 Å². The van der Waals surface area contributed by atoms with Crippen LogP contribution in [-0.4, -0.2) is 65.5 Å². The summed E-state index contributed by atoms with van der Waals surface area (Å²) in [6.45, 7) is 13.1. The van der Waals surface area contributed by atoms with Crippen molar-refractivity contribution in [1.29, 1.82) is 0 Å². The topological polar surface area (TPSA) is 92.7 Å². The first-order valence-electron chi connectivity index (χ1n) is 13.3. The fraction of sp³-hybridized carbons (Fsp3) is 0.679. The number of carbonyl (C=O) groups excluding carboxylic acids is 1. The summed E-state index contributed by atoms with van der Waals surface area (Å²) >= 11 is 0. The lowest BCUT2D eigenvalue weighted by Gasteiger charge is -2.32. The number of nitrogens with two attached hydrogens (primary N) is 1. The van der Waals surface area contributed by atoms with Crippen molar-refractivity contribution in [2.45, 2.75) is 85.2 Å². The number of aliphatic hydroxyl groups excluding tert-OH is 1. The number of aliphatic hydroxyl groups is 1. The number of hydrogen-bond donors (Lipinski definition) is 3. The molecule has 0 radical (unpaired) electrons. The third-order valence-corrected chi connectivity index (χ3v) is 6.96. The lowest BCUT2D eigenvalue weighted by Crippen LogP contribution is -2.48. The fourth-order valence-corrected chi connectivity index (χ4v) is 4.49. The SMILES string of the molecule is CCCCNC(=O)[C@@H](C[C@H](O)[C@@H](N)CN(Cc1ccc2c(F)cn(CCOC)c2c1)C(C)C)C(C)C. The van der Waals surface area contributed by atoms with Gasteiger partial charge in [0, 0.05) is 62.9 Å². The van der Waals surface area contributed by atoms with Crippen molar-refractivity contribution in [2.24, 2.45) is 17.6 Å². The Hall–Kier alpha value is -2.00. The summed E-state index contributed by atoms with van der Waals surface area (Å²) in [5, 5.41) is 14.5. The molecule has 2 rings (SSSR count). The number of aromatic nitrogens is 1. The number of unbranched alkanes of at least 4 members (excludes halogenated alkanes) is 1. The maximum atomic E-state index is 14.4. The summed E-state index contributed by atoms with van der Waals surface area (Å²) in [5.41, 5.74) is 8.34. The zero-order chi connectivity index (χ0) is 26.8. The Morgan fingerprint density at radius 2 is 2.00 bits per heavy atom. The maximum Gasteiger partial charge on any atom is 0.223 e. The van der Waals surface area contributed by atoms with Crippen molar-refractivity contribution < 1.29 is 19.0 Å². The van der Waals surface area contributed by atoms with E-state index in [4.69, 9.17) is 10.5 Å². The van der Waals surface area contributed by atoms with Crippen LogP contribution in [0.25, 0.3) is 10.9 Å². The van der Waals surface area contributed by atoms with Crippen molar-refractivity contribution in [1.82, 2.24) is 14.8 Å². The van der Waals surface area contributed by atoms with Crippen LogP contribution in [0.3, 0.4) is 0 Å². The predicted octanol–water partition coefficient (Wildman–Crippen LogP) is 3.90. The predicted molar refractivity (Wildman–Crippen MR) is 144 cm³/mol. The quantitative estimate of drug-likeness (QED) is 0.300. The van der Waals surface area contributed by atoms with Gasteiger partial charge in [-0.3, -0.25) is 9.69 Å². The average molecular weight is 507 g/mol. The number of nitrogens with one attached hydrogen (secondary N) is 1. The monoisotopic (exact) mass is 506 g/mol. The van der Waals surface area contributed by atoms with E-state index in [0.29, 0.717) is 44.6 Å². The van der Waals surface area contributed by atoms with Gasteiger partial charge in [0.05, 0.1) is 18.2 Å². The number of fused-ring (bicyclic) bond motifs is 1. The Kier molecular flexibility index (Phi) is 12.3. The van der Waals surface area contributed by atoms with E-state index in [1.165, 1.54) is 6.20 Å². The van der Waals surface area contributed by atoms with Crippen molar-refractivity contribution >= 4 is 16.8 Å². The largest absolute Gasteiger partial charge is 0.391 e. The summed E-state index contributed by atoms with van der Waals surface area (Å²) in [7, 11) is 1.63. The lowest BCUT2D eigenvalue weighted by molar-refractivity contribution is -0.127. The van der Waals surface area contributed by atoms with Crippen LogP contribution in [-0.2, 0) is 22.6 Å². The van der Waals surface area contributed by atoms with Gasteiger partial charge in [-0.15, -0.1) is 0 Å². The molecule has 36 heavy (non-hydrogen) atoms.